The van der Waals surface area contributed by atoms with E-state index in [1.807, 2.05) is 6.20 Å². The molecule has 0 N–H and O–H groups in total. The van der Waals surface area contributed by atoms with Gasteiger partial charge in [-0.15, -0.1) is 0 Å². The van der Waals surface area contributed by atoms with Gasteiger partial charge in [0.15, 0.2) is 0 Å². The third-order valence-electron chi connectivity index (χ3n) is 6.59. The molecule has 0 fully saturated rings. The monoisotopic (exact) mass is 483 g/mol. The zero-order valence-electron chi connectivity index (χ0n) is 20.3. The van der Waals surface area contributed by atoms with Gasteiger partial charge in [0.2, 0.25) is 0 Å². The van der Waals surface area contributed by atoms with E-state index >= 15 is 0 Å². The van der Waals surface area contributed by atoms with Gasteiger partial charge in [0.1, 0.15) is 0 Å². The van der Waals surface area contributed by atoms with Crippen molar-refractivity contribution in [3.05, 3.63) is 90.6 Å². The normalized spacial score (nSPS) is 14.0. The summed E-state index contributed by atoms with van der Waals surface area (Å²) in [6.45, 7) is 11.6. The van der Waals surface area contributed by atoms with Gasteiger partial charge >= 0.3 is 197 Å². The summed E-state index contributed by atoms with van der Waals surface area (Å²) >= 11 is -2.51. The molecule has 1 nitrogen and oxygen atoms in total. The average Bonchev–Trinajstić information content (AvgIpc) is 2.78. The van der Waals surface area contributed by atoms with Crippen LogP contribution in [0, 0.1) is 5.92 Å². The first-order valence-electron chi connectivity index (χ1n) is 11.7. The van der Waals surface area contributed by atoms with Gasteiger partial charge in [0.25, 0.3) is 0 Å². The molecule has 0 radical (unpaired) electrons. The predicted octanol–water partition coefficient (Wildman–Crippen LogP) is 7.05. The molecule has 0 aliphatic carbocycles. The Bertz CT molecular complexity index is 1220. The number of aromatic nitrogens is 1. The maximum absolute atomic E-state index is 4.86. The van der Waals surface area contributed by atoms with Crippen LogP contribution in [0.2, 0.25) is 11.0 Å². The SMILES string of the molecule is CC(C)[CH2][Ge]([CH3])([c]1ccccc1)[c]1ccnc(-c2cc(C(C)(C)C)c3ccccc3c2)c1. The second-order valence-corrected chi connectivity index (χ2v) is 19.6. The van der Waals surface area contributed by atoms with E-state index in [0.29, 0.717) is 5.92 Å². The summed E-state index contributed by atoms with van der Waals surface area (Å²) in [5.41, 5.74) is 3.77. The molecule has 0 bridgehead atoms. The van der Waals surface area contributed by atoms with Crippen LogP contribution in [0.1, 0.15) is 40.2 Å². The van der Waals surface area contributed by atoms with Crippen molar-refractivity contribution in [2.75, 3.05) is 0 Å². The molecule has 0 aliphatic heterocycles. The second kappa shape index (κ2) is 8.86. The molecule has 4 rings (SSSR count). The van der Waals surface area contributed by atoms with Crippen molar-refractivity contribution in [1.29, 1.82) is 0 Å². The molecule has 1 unspecified atom stereocenters. The van der Waals surface area contributed by atoms with Crippen LogP contribution < -0.4 is 8.79 Å². The van der Waals surface area contributed by atoms with Crippen molar-refractivity contribution in [3.8, 4) is 11.3 Å². The Hall–Kier alpha value is -2.39. The van der Waals surface area contributed by atoms with E-state index in [1.165, 1.54) is 31.5 Å². The number of hydrogen-bond acceptors (Lipinski definition) is 1. The second-order valence-electron chi connectivity index (χ2n) is 10.7. The van der Waals surface area contributed by atoms with Crippen LogP contribution in [0.4, 0.5) is 0 Å². The average molecular weight is 482 g/mol. The Morgan fingerprint density at radius 1 is 0.812 bits per heavy atom. The van der Waals surface area contributed by atoms with E-state index in [-0.39, 0.29) is 5.41 Å². The molecule has 164 valence electrons. The topological polar surface area (TPSA) is 12.9 Å². The Morgan fingerprint density at radius 2 is 1.50 bits per heavy atom. The third kappa shape index (κ3) is 4.54. The first kappa shape index (κ1) is 22.8. The van der Waals surface area contributed by atoms with Crippen LogP contribution in [-0.4, -0.2) is 18.3 Å². The minimum atomic E-state index is -2.51. The van der Waals surface area contributed by atoms with Gasteiger partial charge < -0.3 is 0 Å². The standard InChI is InChI=1S/C30H35GeN/c1-22(2)21-31(6,25-13-8-7-9-14-25)26-16-17-32-29(20-26)24-18-23-12-10-11-15-27(23)28(19-24)30(3,4)5/h7-20,22H,21H2,1-6H3. The Balaban J connectivity index is 1.88. The van der Waals surface area contributed by atoms with E-state index in [0.717, 1.165) is 5.69 Å². The molecule has 0 spiro atoms. The van der Waals surface area contributed by atoms with Gasteiger partial charge in [0, 0.05) is 0 Å². The first-order valence-corrected chi connectivity index (χ1v) is 17.4. The summed E-state index contributed by atoms with van der Waals surface area (Å²) in [5.74, 6) is 3.24. The van der Waals surface area contributed by atoms with Gasteiger partial charge in [-0.25, -0.2) is 0 Å². The summed E-state index contributed by atoms with van der Waals surface area (Å²) in [4.78, 5) is 4.86. The van der Waals surface area contributed by atoms with Crippen molar-refractivity contribution in [3.63, 3.8) is 0 Å². The fraction of sp³-hybridized carbons (Fsp3) is 0.300. The van der Waals surface area contributed by atoms with Crippen molar-refractivity contribution < 1.29 is 0 Å². The van der Waals surface area contributed by atoms with Crippen LogP contribution in [0.15, 0.2) is 85.1 Å². The van der Waals surface area contributed by atoms with E-state index in [1.54, 1.807) is 4.40 Å². The number of hydrogen-bond donors (Lipinski definition) is 0. The Labute approximate surface area is 196 Å². The number of nitrogens with zero attached hydrogens (tertiary/aromatic N) is 1. The fourth-order valence-electron chi connectivity index (χ4n) is 5.04. The third-order valence-corrected chi connectivity index (χ3v) is 16.7. The zero-order chi connectivity index (χ0) is 22.9. The van der Waals surface area contributed by atoms with Crippen molar-refractivity contribution in [2.24, 2.45) is 5.92 Å². The van der Waals surface area contributed by atoms with Crippen molar-refractivity contribution in [1.82, 2.24) is 4.98 Å². The zero-order valence-corrected chi connectivity index (χ0v) is 22.4. The summed E-state index contributed by atoms with van der Waals surface area (Å²) in [7, 11) is 0. The molecule has 4 aromatic rings. The number of fused-ring (bicyclic) bond motifs is 1. The van der Waals surface area contributed by atoms with Crippen LogP contribution in [-0.2, 0) is 5.41 Å². The number of pyridine rings is 1. The van der Waals surface area contributed by atoms with Crippen molar-refractivity contribution in [2.45, 2.75) is 51.0 Å². The quantitative estimate of drug-likeness (QED) is 0.278. The first-order chi connectivity index (χ1) is 15.2. The minimum absolute atomic E-state index is 0.0707. The fourth-order valence-corrected chi connectivity index (χ4v) is 14.0. The van der Waals surface area contributed by atoms with Crippen LogP contribution in [0.25, 0.3) is 22.0 Å². The number of rotatable bonds is 5. The van der Waals surface area contributed by atoms with Crippen molar-refractivity contribution >= 4 is 32.8 Å². The molecule has 0 amide bonds. The molecule has 3 aromatic carbocycles. The van der Waals surface area contributed by atoms with E-state index in [9.17, 15) is 0 Å². The Morgan fingerprint density at radius 3 is 2.19 bits per heavy atom. The van der Waals surface area contributed by atoms with Gasteiger partial charge in [-0.1, -0.05) is 0 Å². The summed E-state index contributed by atoms with van der Waals surface area (Å²) in [6, 6.07) is 29.3. The summed E-state index contributed by atoms with van der Waals surface area (Å²) < 4.78 is 3.06. The molecule has 0 saturated carbocycles. The number of benzene rings is 3. The summed E-state index contributed by atoms with van der Waals surface area (Å²) in [5, 5.41) is 3.90. The van der Waals surface area contributed by atoms with E-state index in [2.05, 4.69) is 119 Å². The predicted molar refractivity (Wildman–Crippen MR) is 143 cm³/mol. The van der Waals surface area contributed by atoms with Gasteiger partial charge in [0.05, 0.1) is 0 Å². The van der Waals surface area contributed by atoms with Gasteiger partial charge in [-0.05, 0) is 0 Å². The van der Waals surface area contributed by atoms with Crippen LogP contribution in [0.3, 0.4) is 0 Å². The Kier molecular flexibility index (Phi) is 6.31. The molecule has 2 heteroatoms. The molecular formula is C30H35GeN. The van der Waals surface area contributed by atoms with E-state index < -0.39 is 13.3 Å². The van der Waals surface area contributed by atoms with Gasteiger partial charge in [-0.2, -0.15) is 0 Å². The molecule has 1 atom stereocenters. The molecule has 32 heavy (non-hydrogen) atoms. The summed E-state index contributed by atoms with van der Waals surface area (Å²) in [6.07, 6.45) is 2.03. The molecular weight excluding hydrogens is 447 g/mol. The molecule has 0 aliphatic rings. The molecule has 1 aromatic heterocycles. The molecule has 0 saturated heterocycles. The van der Waals surface area contributed by atoms with Crippen LogP contribution in [0.5, 0.6) is 0 Å². The van der Waals surface area contributed by atoms with Crippen LogP contribution >= 0.6 is 0 Å². The molecule has 1 heterocycles. The maximum atomic E-state index is 4.86. The van der Waals surface area contributed by atoms with E-state index in [4.69, 9.17) is 4.98 Å². The van der Waals surface area contributed by atoms with Gasteiger partial charge in [-0.3, -0.25) is 0 Å².